The Bertz CT molecular complexity index is 392. The fourth-order valence-electron chi connectivity index (χ4n) is 1.57. The summed E-state index contributed by atoms with van der Waals surface area (Å²) < 4.78 is 0. The first-order valence-corrected chi connectivity index (χ1v) is 6.15. The van der Waals surface area contributed by atoms with Gasteiger partial charge in [-0.2, -0.15) is 0 Å². The Labute approximate surface area is 104 Å². The van der Waals surface area contributed by atoms with Gasteiger partial charge >= 0.3 is 0 Å². The molecule has 0 amide bonds. The molecule has 1 N–H and O–H groups in total. The van der Waals surface area contributed by atoms with Crippen molar-refractivity contribution in [3.8, 4) is 0 Å². The summed E-state index contributed by atoms with van der Waals surface area (Å²) in [5, 5.41) is 3.03. The monoisotopic (exact) mass is 230 g/mol. The van der Waals surface area contributed by atoms with Gasteiger partial charge in [0.15, 0.2) is 0 Å². The van der Waals surface area contributed by atoms with E-state index in [1.807, 2.05) is 13.1 Å². The molecule has 0 bridgehead atoms. The van der Waals surface area contributed by atoms with Crippen LogP contribution in [-0.2, 0) is 0 Å². The highest BCUT2D eigenvalue weighted by Crippen LogP contribution is 2.15. The normalized spacial score (nSPS) is 11.1. The Morgan fingerprint density at radius 1 is 1.41 bits per heavy atom. The summed E-state index contributed by atoms with van der Waals surface area (Å²) in [7, 11) is 1.87. The smallest absolute Gasteiger partial charge is 0.126 e. The van der Waals surface area contributed by atoms with Gasteiger partial charge in [0.25, 0.3) is 0 Å². The summed E-state index contributed by atoms with van der Waals surface area (Å²) in [4.78, 5) is 4.44. The van der Waals surface area contributed by atoms with Gasteiger partial charge in [-0.3, -0.25) is 0 Å². The van der Waals surface area contributed by atoms with Crippen molar-refractivity contribution in [2.24, 2.45) is 5.92 Å². The molecule has 92 valence electrons. The van der Waals surface area contributed by atoms with Gasteiger partial charge in [0.2, 0.25) is 0 Å². The highest BCUT2D eigenvalue weighted by Gasteiger charge is 1.99. The molecular formula is C15H22N2. The summed E-state index contributed by atoms with van der Waals surface area (Å²) in [6.07, 6.45) is 8.47. The molecule has 1 aromatic heterocycles. The fraction of sp³-hybridized carbons (Fsp3) is 0.400. The van der Waals surface area contributed by atoms with Crippen LogP contribution in [0.4, 0.5) is 5.82 Å². The molecule has 0 aliphatic rings. The van der Waals surface area contributed by atoms with E-state index < -0.39 is 0 Å². The van der Waals surface area contributed by atoms with Gasteiger partial charge in [-0.15, -0.1) is 0 Å². The Hall–Kier alpha value is -1.57. The van der Waals surface area contributed by atoms with Crippen molar-refractivity contribution >= 4 is 18.0 Å². The van der Waals surface area contributed by atoms with Crippen LogP contribution in [-0.4, -0.2) is 12.0 Å². The quantitative estimate of drug-likeness (QED) is 0.791. The van der Waals surface area contributed by atoms with Crippen molar-refractivity contribution in [1.82, 2.24) is 4.98 Å². The van der Waals surface area contributed by atoms with Crippen LogP contribution in [0.3, 0.4) is 0 Å². The molecule has 0 saturated carbocycles. The molecule has 0 aromatic carbocycles. The van der Waals surface area contributed by atoms with E-state index in [4.69, 9.17) is 0 Å². The van der Waals surface area contributed by atoms with E-state index in [1.165, 1.54) is 6.42 Å². The minimum atomic E-state index is 0.753. The molecular weight excluding hydrogens is 208 g/mol. The predicted octanol–water partition coefficient (Wildman–Crippen LogP) is 4.22. The van der Waals surface area contributed by atoms with Crippen LogP contribution in [0.15, 0.2) is 24.8 Å². The number of anilines is 1. The van der Waals surface area contributed by atoms with E-state index in [9.17, 15) is 0 Å². The van der Waals surface area contributed by atoms with E-state index in [2.05, 4.69) is 48.9 Å². The lowest BCUT2D eigenvalue weighted by Crippen LogP contribution is -1.95. The lowest BCUT2D eigenvalue weighted by molar-refractivity contribution is 0.595. The summed E-state index contributed by atoms with van der Waals surface area (Å²) in [5.41, 5.74) is 2.06. The Kier molecular flexibility index (Phi) is 5.47. The van der Waals surface area contributed by atoms with Crippen molar-refractivity contribution in [2.75, 3.05) is 12.4 Å². The molecule has 0 aliphatic heterocycles. The molecule has 17 heavy (non-hydrogen) atoms. The molecule has 2 nitrogen and oxygen atoms in total. The third-order valence-electron chi connectivity index (χ3n) is 2.62. The van der Waals surface area contributed by atoms with Crippen molar-refractivity contribution in [3.05, 3.63) is 36.0 Å². The fourth-order valence-corrected chi connectivity index (χ4v) is 1.57. The third kappa shape index (κ3) is 4.43. The van der Waals surface area contributed by atoms with Crippen LogP contribution in [0.5, 0.6) is 0 Å². The van der Waals surface area contributed by atoms with Crippen LogP contribution >= 0.6 is 0 Å². The summed E-state index contributed by atoms with van der Waals surface area (Å²) in [6.45, 7) is 8.28. The first kappa shape index (κ1) is 13.5. The molecule has 1 aromatic rings. The third-order valence-corrected chi connectivity index (χ3v) is 2.62. The van der Waals surface area contributed by atoms with Gasteiger partial charge in [0.05, 0.1) is 5.69 Å². The number of nitrogens with zero attached hydrogens (tertiary/aromatic N) is 1. The molecule has 0 saturated heterocycles. The number of pyridine rings is 1. The maximum Gasteiger partial charge on any atom is 0.126 e. The van der Waals surface area contributed by atoms with E-state index in [1.54, 1.807) is 6.08 Å². The van der Waals surface area contributed by atoms with Crippen molar-refractivity contribution < 1.29 is 0 Å². The second-order valence-electron chi connectivity index (χ2n) is 4.50. The molecule has 0 unspecified atom stereocenters. The average molecular weight is 230 g/mol. The summed E-state index contributed by atoms with van der Waals surface area (Å²) >= 11 is 0. The van der Waals surface area contributed by atoms with Crippen molar-refractivity contribution in [3.63, 3.8) is 0 Å². The van der Waals surface area contributed by atoms with Crippen LogP contribution in [0.25, 0.3) is 12.2 Å². The first-order valence-electron chi connectivity index (χ1n) is 6.15. The SMILES string of the molecule is C=Cc1nc(NC)ccc1/C=C\CCC(C)C. The lowest BCUT2D eigenvalue weighted by Gasteiger charge is -2.04. The van der Waals surface area contributed by atoms with E-state index in [-0.39, 0.29) is 0 Å². The van der Waals surface area contributed by atoms with Gasteiger partial charge in [0.1, 0.15) is 5.82 Å². The highest BCUT2D eigenvalue weighted by atomic mass is 15.0. The van der Waals surface area contributed by atoms with Crippen LogP contribution in [0.2, 0.25) is 0 Å². The molecule has 0 spiro atoms. The lowest BCUT2D eigenvalue weighted by atomic mass is 10.1. The van der Waals surface area contributed by atoms with Crippen molar-refractivity contribution in [1.29, 1.82) is 0 Å². The van der Waals surface area contributed by atoms with E-state index in [0.29, 0.717) is 0 Å². The average Bonchev–Trinajstić information content (AvgIpc) is 2.34. The maximum absolute atomic E-state index is 4.44. The van der Waals surface area contributed by atoms with E-state index in [0.717, 1.165) is 29.4 Å². The molecule has 2 heteroatoms. The minimum absolute atomic E-state index is 0.753. The zero-order valence-electron chi connectivity index (χ0n) is 11.0. The zero-order valence-corrected chi connectivity index (χ0v) is 11.0. The number of hydrogen-bond acceptors (Lipinski definition) is 2. The van der Waals surface area contributed by atoms with Gasteiger partial charge < -0.3 is 5.32 Å². The Balaban J connectivity index is 2.73. The van der Waals surface area contributed by atoms with Gasteiger partial charge in [0, 0.05) is 7.05 Å². The van der Waals surface area contributed by atoms with Gasteiger partial charge in [-0.25, -0.2) is 4.98 Å². The number of rotatable bonds is 6. The number of allylic oxidation sites excluding steroid dienone is 1. The van der Waals surface area contributed by atoms with Crippen LogP contribution in [0, 0.1) is 5.92 Å². The molecule has 1 heterocycles. The number of nitrogens with one attached hydrogen (secondary N) is 1. The largest absolute Gasteiger partial charge is 0.373 e. The molecule has 0 fully saturated rings. The summed E-state index contributed by atoms with van der Waals surface area (Å²) in [6, 6.07) is 4.05. The number of hydrogen-bond donors (Lipinski definition) is 1. The maximum atomic E-state index is 4.44. The summed E-state index contributed by atoms with van der Waals surface area (Å²) in [5.74, 6) is 1.63. The number of aromatic nitrogens is 1. The molecule has 0 aliphatic carbocycles. The second kappa shape index (κ2) is 6.89. The van der Waals surface area contributed by atoms with E-state index >= 15 is 0 Å². The molecule has 0 atom stereocenters. The first-order chi connectivity index (χ1) is 8.17. The Morgan fingerprint density at radius 3 is 2.76 bits per heavy atom. The standard InChI is InChI=1S/C15H22N2/c1-5-14-13(9-7-6-8-12(2)3)10-11-15(16-4)17-14/h5,7,9-12H,1,6,8H2,2-4H3,(H,16,17)/b9-7-. The minimum Gasteiger partial charge on any atom is -0.373 e. The second-order valence-corrected chi connectivity index (χ2v) is 4.50. The van der Waals surface area contributed by atoms with Gasteiger partial charge in [-0.1, -0.05) is 32.6 Å². The van der Waals surface area contributed by atoms with Gasteiger partial charge in [-0.05, 0) is 42.5 Å². The van der Waals surface area contributed by atoms with Crippen molar-refractivity contribution in [2.45, 2.75) is 26.7 Å². The highest BCUT2D eigenvalue weighted by molar-refractivity contribution is 5.63. The predicted molar refractivity (Wildman–Crippen MR) is 77.0 cm³/mol. The zero-order chi connectivity index (χ0) is 12.7. The van der Waals surface area contributed by atoms with Crippen LogP contribution in [0.1, 0.15) is 37.9 Å². The molecule has 1 rings (SSSR count). The topological polar surface area (TPSA) is 24.9 Å². The molecule has 0 radical (unpaired) electrons. The van der Waals surface area contributed by atoms with Crippen LogP contribution < -0.4 is 5.32 Å². The Morgan fingerprint density at radius 2 is 2.18 bits per heavy atom.